The Morgan fingerprint density at radius 2 is 2.32 bits per heavy atom. The maximum atomic E-state index is 12.7. The number of anilines is 1. The molecule has 6 nitrogen and oxygen atoms in total. The molecule has 0 bridgehead atoms. The third kappa shape index (κ3) is 2.73. The Labute approximate surface area is 113 Å². The van der Waals surface area contributed by atoms with E-state index >= 15 is 0 Å². The highest BCUT2D eigenvalue weighted by atomic mass is 16.3. The van der Waals surface area contributed by atoms with Gasteiger partial charge in [0, 0.05) is 13.1 Å². The van der Waals surface area contributed by atoms with E-state index in [2.05, 4.69) is 5.10 Å². The summed E-state index contributed by atoms with van der Waals surface area (Å²) in [6, 6.07) is -0.102. The number of nitrogens with zero attached hydrogens (tertiary/aromatic N) is 3. The van der Waals surface area contributed by atoms with E-state index in [1.54, 1.807) is 9.58 Å². The number of carbonyl (C=O) groups excluding carboxylic acids is 1. The predicted octanol–water partition coefficient (Wildman–Crippen LogP) is 0.862. The lowest BCUT2D eigenvalue weighted by molar-refractivity contribution is 0.0588. The Morgan fingerprint density at radius 3 is 3.00 bits per heavy atom. The quantitative estimate of drug-likeness (QED) is 0.850. The molecule has 3 N–H and O–H groups in total. The summed E-state index contributed by atoms with van der Waals surface area (Å²) in [4.78, 5) is 14.4. The summed E-state index contributed by atoms with van der Waals surface area (Å²) < 4.78 is 1.62. The number of nitrogen functional groups attached to an aromatic ring is 1. The van der Waals surface area contributed by atoms with Crippen molar-refractivity contribution in [1.29, 1.82) is 0 Å². The molecule has 2 rings (SSSR count). The Morgan fingerprint density at radius 1 is 1.53 bits per heavy atom. The highest BCUT2D eigenvalue weighted by Gasteiger charge is 2.29. The van der Waals surface area contributed by atoms with Gasteiger partial charge in [-0.25, -0.2) is 0 Å². The first-order chi connectivity index (χ1) is 9.19. The van der Waals surface area contributed by atoms with Crippen LogP contribution in [0.1, 0.15) is 43.1 Å². The van der Waals surface area contributed by atoms with Crippen molar-refractivity contribution in [3.05, 3.63) is 11.9 Å². The van der Waals surface area contributed by atoms with E-state index in [1.165, 1.54) is 6.20 Å². The van der Waals surface area contributed by atoms with Crippen LogP contribution < -0.4 is 5.73 Å². The van der Waals surface area contributed by atoms with Crippen molar-refractivity contribution in [3.63, 3.8) is 0 Å². The molecule has 6 heteroatoms. The van der Waals surface area contributed by atoms with Gasteiger partial charge in [0.2, 0.25) is 0 Å². The molecule has 0 radical (unpaired) electrons. The summed E-state index contributed by atoms with van der Waals surface area (Å²) in [7, 11) is 0. The molecule has 106 valence electrons. The Bertz CT molecular complexity index is 444. The van der Waals surface area contributed by atoms with Gasteiger partial charge >= 0.3 is 0 Å². The van der Waals surface area contributed by atoms with Gasteiger partial charge in [-0.05, 0) is 19.8 Å². The maximum Gasteiger partial charge on any atom is 0.274 e. The molecule has 1 atom stereocenters. The van der Waals surface area contributed by atoms with Crippen LogP contribution in [0.4, 0.5) is 5.69 Å². The topological polar surface area (TPSA) is 84.4 Å². The lowest BCUT2D eigenvalue weighted by atomic mass is 10.1. The fraction of sp³-hybridized carbons (Fsp3) is 0.692. The van der Waals surface area contributed by atoms with Gasteiger partial charge in [-0.3, -0.25) is 9.48 Å². The molecule has 1 saturated heterocycles. The summed E-state index contributed by atoms with van der Waals surface area (Å²) in [6.45, 7) is 3.22. The highest BCUT2D eigenvalue weighted by Crippen LogP contribution is 2.21. The average Bonchev–Trinajstić information content (AvgIpc) is 2.64. The molecule has 19 heavy (non-hydrogen) atoms. The number of rotatable bonds is 3. The van der Waals surface area contributed by atoms with Crippen LogP contribution in [0, 0.1) is 0 Å². The minimum Gasteiger partial charge on any atom is -0.396 e. The molecule has 0 spiro atoms. The predicted molar refractivity (Wildman–Crippen MR) is 72.7 cm³/mol. The summed E-state index contributed by atoms with van der Waals surface area (Å²) in [5.74, 6) is -0.113. The number of carbonyl (C=O) groups is 1. The summed E-state index contributed by atoms with van der Waals surface area (Å²) in [5.41, 5.74) is 6.71. The number of hydrogen-bond donors (Lipinski definition) is 2. The first-order valence-electron chi connectivity index (χ1n) is 6.92. The average molecular weight is 266 g/mol. The summed E-state index contributed by atoms with van der Waals surface area (Å²) >= 11 is 0. The number of amides is 1. The van der Waals surface area contributed by atoms with Crippen LogP contribution in [0.2, 0.25) is 0 Å². The monoisotopic (exact) mass is 266 g/mol. The second-order valence-corrected chi connectivity index (χ2v) is 4.95. The van der Waals surface area contributed by atoms with Crippen LogP contribution in [-0.2, 0) is 6.54 Å². The van der Waals surface area contributed by atoms with E-state index < -0.39 is 0 Å². The van der Waals surface area contributed by atoms with E-state index in [4.69, 9.17) is 5.73 Å². The Balaban J connectivity index is 2.27. The highest BCUT2D eigenvalue weighted by molar-refractivity contribution is 5.97. The normalized spacial score (nSPS) is 20.3. The standard InChI is InChI=1S/C13H22N4O2/c1-2-17-12(11(14)8-15-17)13(19)16-7-5-3-4-6-10(16)9-18/h8,10,18H,2-7,9,14H2,1H3. The van der Waals surface area contributed by atoms with Gasteiger partial charge in [0.15, 0.2) is 0 Å². The van der Waals surface area contributed by atoms with E-state index in [-0.39, 0.29) is 18.6 Å². The fourth-order valence-corrected chi connectivity index (χ4v) is 2.64. The summed E-state index contributed by atoms with van der Waals surface area (Å²) in [5, 5.41) is 13.6. The Kier molecular flexibility index (Phi) is 4.42. The molecule has 2 heterocycles. The molecule has 1 amide bonds. The third-order valence-corrected chi connectivity index (χ3v) is 3.72. The molecule has 0 aromatic carbocycles. The fourth-order valence-electron chi connectivity index (χ4n) is 2.64. The van der Waals surface area contributed by atoms with E-state index in [1.807, 2.05) is 6.92 Å². The maximum absolute atomic E-state index is 12.7. The van der Waals surface area contributed by atoms with Crippen LogP contribution in [0.25, 0.3) is 0 Å². The number of nitrogens with two attached hydrogens (primary N) is 1. The first kappa shape index (κ1) is 13.9. The van der Waals surface area contributed by atoms with Gasteiger partial charge in [-0.2, -0.15) is 5.10 Å². The molecule has 0 saturated carbocycles. The largest absolute Gasteiger partial charge is 0.396 e. The van der Waals surface area contributed by atoms with Crippen molar-refractivity contribution in [2.45, 2.75) is 45.2 Å². The molecule has 1 aromatic heterocycles. The van der Waals surface area contributed by atoms with E-state index in [0.29, 0.717) is 24.5 Å². The van der Waals surface area contributed by atoms with Crippen LogP contribution >= 0.6 is 0 Å². The van der Waals surface area contributed by atoms with Gasteiger partial charge in [0.05, 0.1) is 24.5 Å². The van der Waals surface area contributed by atoms with Gasteiger partial charge in [-0.1, -0.05) is 12.8 Å². The van der Waals surface area contributed by atoms with Crippen LogP contribution in [-0.4, -0.2) is 44.9 Å². The lowest BCUT2D eigenvalue weighted by Crippen LogP contribution is -2.43. The number of aliphatic hydroxyl groups excluding tert-OH is 1. The van der Waals surface area contributed by atoms with Gasteiger partial charge in [0.1, 0.15) is 5.69 Å². The molecule has 1 aromatic rings. The molecular formula is C13H22N4O2. The van der Waals surface area contributed by atoms with Crippen molar-refractivity contribution < 1.29 is 9.90 Å². The SMILES string of the molecule is CCn1ncc(N)c1C(=O)N1CCCCCC1CO. The second-order valence-electron chi connectivity index (χ2n) is 4.95. The number of aliphatic hydroxyl groups is 1. The number of hydrogen-bond acceptors (Lipinski definition) is 4. The molecule has 1 fully saturated rings. The molecule has 1 aliphatic rings. The third-order valence-electron chi connectivity index (χ3n) is 3.72. The van der Waals surface area contributed by atoms with Crippen LogP contribution in [0.15, 0.2) is 6.20 Å². The van der Waals surface area contributed by atoms with Crippen LogP contribution in [0.5, 0.6) is 0 Å². The second kappa shape index (κ2) is 6.06. The van der Waals surface area contributed by atoms with Gasteiger partial charge in [-0.15, -0.1) is 0 Å². The smallest absolute Gasteiger partial charge is 0.274 e. The van der Waals surface area contributed by atoms with E-state index in [9.17, 15) is 9.90 Å². The van der Waals surface area contributed by atoms with Crippen molar-refractivity contribution in [2.24, 2.45) is 0 Å². The molecule has 0 aliphatic carbocycles. The molecular weight excluding hydrogens is 244 g/mol. The van der Waals surface area contributed by atoms with Gasteiger partial charge < -0.3 is 15.7 Å². The van der Waals surface area contributed by atoms with Crippen molar-refractivity contribution in [1.82, 2.24) is 14.7 Å². The van der Waals surface area contributed by atoms with Crippen molar-refractivity contribution in [2.75, 3.05) is 18.9 Å². The zero-order valence-corrected chi connectivity index (χ0v) is 11.4. The number of aryl methyl sites for hydroxylation is 1. The van der Waals surface area contributed by atoms with Crippen molar-refractivity contribution in [3.8, 4) is 0 Å². The summed E-state index contributed by atoms with van der Waals surface area (Å²) in [6.07, 6.45) is 5.49. The zero-order chi connectivity index (χ0) is 13.8. The molecule has 1 aliphatic heterocycles. The minimum absolute atomic E-state index is 0.00586. The molecule has 1 unspecified atom stereocenters. The first-order valence-corrected chi connectivity index (χ1v) is 6.92. The lowest BCUT2D eigenvalue weighted by Gasteiger charge is -2.28. The van der Waals surface area contributed by atoms with E-state index in [0.717, 1.165) is 25.7 Å². The minimum atomic E-state index is -0.113. The number of aromatic nitrogens is 2. The zero-order valence-electron chi connectivity index (χ0n) is 11.4. The Hall–Kier alpha value is -1.56. The number of likely N-dealkylation sites (tertiary alicyclic amines) is 1. The van der Waals surface area contributed by atoms with Crippen molar-refractivity contribution >= 4 is 11.6 Å². The van der Waals surface area contributed by atoms with Crippen LogP contribution in [0.3, 0.4) is 0 Å². The van der Waals surface area contributed by atoms with Gasteiger partial charge in [0.25, 0.3) is 5.91 Å².